The van der Waals surface area contributed by atoms with Crippen molar-refractivity contribution in [2.24, 2.45) is 0 Å². The van der Waals surface area contributed by atoms with Crippen molar-refractivity contribution in [2.75, 3.05) is 39.5 Å². The zero-order chi connectivity index (χ0) is 29.9. The summed E-state index contributed by atoms with van der Waals surface area (Å²) < 4.78 is 10.4. The molecule has 3 atom stereocenters. The summed E-state index contributed by atoms with van der Waals surface area (Å²) in [5.74, 6) is -0.0474. The maximum Gasteiger partial charge on any atom is 0.320 e. The van der Waals surface area contributed by atoms with Gasteiger partial charge >= 0.3 is 11.9 Å². The summed E-state index contributed by atoms with van der Waals surface area (Å²) >= 11 is 0. The smallest absolute Gasteiger partial charge is 0.320 e. The zero-order valence-corrected chi connectivity index (χ0v) is 24.1. The van der Waals surface area contributed by atoms with Crippen LogP contribution < -0.4 is 0 Å². The predicted molar refractivity (Wildman–Crippen MR) is 147 cm³/mol. The molecule has 0 aliphatic carbocycles. The molecular formula is C29H45NO10. The summed E-state index contributed by atoms with van der Waals surface area (Å²) in [6.07, 6.45) is -0.510. The Morgan fingerprint density at radius 2 is 1.30 bits per heavy atom. The van der Waals surface area contributed by atoms with Gasteiger partial charge in [0.1, 0.15) is 24.7 Å². The first kappa shape index (κ1) is 35.1. The van der Waals surface area contributed by atoms with Crippen LogP contribution in [-0.2, 0) is 45.2 Å². The molecular weight excluding hydrogens is 522 g/mol. The van der Waals surface area contributed by atoms with E-state index in [4.69, 9.17) is 29.0 Å². The zero-order valence-electron chi connectivity index (χ0n) is 24.1. The van der Waals surface area contributed by atoms with Crippen LogP contribution in [0.5, 0.6) is 0 Å². The molecule has 1 aromatic rings. The summed E-state index contributed by atoms with van der Waals surface area (Å²) in [5, 5.41) is 20.1. The van der Waals surface area contributed by atoms with Gasteiger partial charge in [-0.15, -0.1) is 0 Å². The minimum atomic E-state index is -0.949. The summed E-state index contributed by atoms with van der Waals surface area (Å²) in [6.45, 7) is 14.1. The largest absolute Gasteiger partial charge is 0.462 e. The van der Waals surface area contributed by atoms with Crippen LogP contribution in [0.15, 0.2) is 48.9 Å². The monoisotopic (exact) mass is 567 g/mol. The normalized spacial score (nSPS) is 13.3. The number of allylic oxidation sites excluding steroid dienone is 2. The third-order valence-corrected chi connectivity index (χ3v) is 5.62. The number of hydrogen-bond donors (Lipinski definition) is 2. The first-order valence-corrected chi connectivity index (χ1v) is 13.4. The van der Waals surface area contributed by atoms with Crippen molar-refractivity contribution in [3.05, 3.63) is 60.1 Å². The lowest BCUT2D eigenvalue weighted by atomic mass is 9.97. The van der Waals surface area contributed by atoms with Gasteiger partial charge in [0, 0.05) is 19.4 Å². The lowest BCUT2D eigenvalue weighted by molar-refractivity contribution is -0.264. The third-order valence-electron chi connectivity index (χ3n) is 5.62. The van der Waals surface area contributed by atoms with Gasteiger partial charge in [0.05, 0.1) is 38.5 Å². The Balaban J connectivity index is 2.65. The van der Waals surface area contributed by atoms with Gasteiger partial charge in [-0.25, -0.2) is 0 Å². The van der Waals surface area contributed by atoms with E-state index in [0.717, 1.165) is 12.0 Å². The van der Waals surface area contributed by atoms with E-state index in [1.165, 1.54) is 5.56 Å². The van der Waals surface area contributed by atoms with Crippen LogP contribution in [0, 0.1) is 0 Å². The Bertz CT molecular complexity index is 859. The molecule has 0 heterocycles. The van der Waals surface area contributed by atoms with Crippen molar-refractivity contribution in [3.63, 3.8) is 0 Å². The molecule has 0 spiro atoms. The molecule has 0 saturated heterocycles. The number of carbonyl (C=O) groups is 2. The summed E-state index contributed by atoms with van der Waals surface area (Å²) in [6, 6.07) is 7.98. The lowest BCUT2D eigenvalue weighted by Gasteiger charge is -2.22. The second kappa shape index (κ2) is 20.0. The third kappa shape index (κ3) is 16.9. The first-order valence-electron chi connectivity index (χ1n) is 13.4. The molecule has 0 fully saturated rings. The molecule has 11 nitrogen and oxygen atoms in total. The van der Waals surface area contributed by atoms with E-state index in [1.807, 2.05) is 24.3 Å². The Kier molecular flexibility index (Phi) is 17.5. The van der Waals surface area contributed by atoms with Gasteiger partial charge < -0.3 is 29.5 Å². The van der Waals surface area contributed by atoms with E-state index in [1.54, 1.807) is 18.7 Å². The standard InChI is InChI=1S/C29H45NO10/c1-7-23(6)25-10-8-24(9-11-25)16-30(17-28(33)35-19-26(31)12-14-37-39-21(2)3)18-29(34)36-20-27(32)13-15-38-40-22(4)5/h8-11,23,26-27,31-32H,2,4,7,12-20H2,1,3,5-6H3. The molecule has 3 unspecified atom stereocenters. The number of nitrogens with zero attached hydrogens (tertiary/aromatic N) is 1. The van der Waals surface area contributed by atoms with Crippen molar-refractivity contribution in [2.45, 2.75) is 71.6 Å². The van der Waals surface area contributed by atoms with Crippen LogP contribution in [0.3, 0.4) is 0 Å². The van der Waals surface area contributed by atoms with E-state index in [-0.39, 0.29) is 58.9 Å². The highest BCUT2D eigenvalue weighted by atomic mass is 17.2. The van der Waals surface area contributed by atoms with E-state index in [2.05, 4.69) is 27.0 Å². The van der Waals surface area contributed by atoms with Crippen molar-refractivity contribution < 1.29 is 48.8 Å². The second-order valence-electron chi connectivity index (χ2n) is 9.66. The number of hydrogen-bond acceptors (Lipinski definition) is 11. The molecule has 0 aliphatic heterocycles. The molecule has 1 rings (SSSR count). The number of ether oxygens (including phenoxy) is 2. The van der Waals surface area contributed by atoms with Crippen molar-refractivity contribution in [1.29, 1.82) is 0 Å². The number of aliphatic hydroxyl groups is 2. The average Bonchev–Trinajstić information content (AvgIpc) is 2.91. The van der Waals surface area contributed by atoms with Crippen molar-refractivity contribution >= 4 is 11.9 Å². The molecule has 226 valence electrons. The first-order chi connectivity index (χ1) is 19.0. The fourth-order valence-corrected chi connectivity index (χ4v) is 3.27. The minimum absolute atomic E-state index is 0.0923. The molecule has 1 aromatic carbocycles. The Hall–Kier alpha value is -2.96. The van der Waals surface area contributed by atoms with Gasteiger partial charge in [-0.3, -0.25) is 14.5 Å². The highest BCUT2D eigenvalue weighted by Crippen LogP contribution is 2.19. The summed E-state index contributed by atoms with van der Waals surface area (Å²) in [7, 11) is 0. The van der Waals surface area contributed by atoms with Gasteiger partial charge in [-0.1, -0.05) is 51.3 Å². The van der Waals surface area contributed by atoms with Crippen LogP contribution in [-0.4, -0.2) is 78.8 Å². The highest BCUT2D eigenvalue weighted by Gasteiger charge is 2.19. The van der Waals surface area contributed by atoms with Crippen LogP contribution in [0.1, 0.15) is 64.0 Å². The molecule has 0 aliphatic rings. The lowest BCUT2D eigenvalue weighted by Crippen LogP contribution is -2.37. The maximum absolute atomic E-state index is 12.5. The van der Waals surface area contributed by atoms with Crippen molar-refractivity contribution in [1.82, 2.24) is 4.90 Å². The second-order valence-corrected chi connectivity index (χ2v) is 9.66. The van der Waals surface area contributed by atoms with Crippen molar-refractivity contribution in [3.8, 4) is 0 Å². The number of benzene rings is 1. The maximum atomic E-state index is 12.5. The van der Waals surface area contributed by atoms with Gasteiger partial charge in [0.25, 0.3) is 0 Å². The van der Waals surface area contributed by atoms with Crippen LogP contribution >= 0.6 is 0 Å². The molecule has 0 aromatic heterocycles. The van der Waals surface area contributed by atoms with E-state index < -0.39 is 24.1 Å². The SMILES string of the molecule is C=C(C)OOCCC(O)COC(=O)CN(CC(=O)OCC(O)CCOOC(=C)C)Cc1ccc(C(C)CC)cc1. The molecule has 2 N–H and O–H groups in total. The molecule has 40 heavy (non-hydrogen) atoms. The molecule has 11 heteroatoms. The quantitative estimate of drug-likeness (QED) is 0.0700. The van der Waals surface area contributed by atoms with Crippen LogP contribution in [0.4, 0.5) is 0 Å². The number of carbonyl (C=O) groups excluding carboxylic acids is 2. The number of rotatable bonds is 22. The van der Waals surface area contributed by atoms with Crippen LogP contribution in [0.25, 0.3) is 0 Å². The number of aliphatic hydroxyl groups excluding tert-OH is 2. The average molecular weight is 568 g/mol. The topological polar surface area (TPSA) is 133 Å². The molecule has 0 radical (unpaired) electrons. The van der Waals surface area contributed by atoms with Gasteiger partial charge in [-0.2, -0.15) is 9.78 Å². The Labute approximate surface area is 237 Å². The molecule has 0 bridgehead atoms. The van der Waals surface area contributed by atoms with E-state index in [0.29, 0.717) is 17.4 Å². The minimum Gasteiger partial charge on any atom is -0.462 e. The number of esters is 2. The van der Waals surface area contributed by atoms with E-state index in [9.17, 15) is 19.8 Å². The summed E-state index contributed by atoms with van der Waals surface area (Å²) in [5.41, 5.74) is 2.10. The fourth-order valence-electron chi connectivity index (χ4n) is 3.27. The Morgan fingerprint density at radius 3 is 1.70 bits per heavy atom. The molecule has 0 amide bonds. The van der Waals surface area contributed by atoms with Gasteiger partial charge in [0.15, 0.2) is 0 Å². The summed E-state index contributed by atoms with van der Waals surface area (Å²) in [4.78, 5) is 45.9. The van der Waals surface area contributed by atoms with Crippen LogP contribution in [0.2, 0.25) is 0 Å². The van der Waals surface area contributed by atoms with E-state index >= 15 is 0 Å². The van der Waals surface area contributed by atoms with Gasteiger partial charge in [-0.05, 0) is 37.3 Å². The highest BCUT2D eigenvalue weighted by molar-refractivity contribution is 5.75. The Morgan fingerprint density at radius 1 is 0.850 bits per heavy atom. The fraction of sp³-hybridized carbons (Fsp3) is 0.586. The van der Waals surface area contributed by atoms with Gasteiger partial charge in [0.2, 0.25) is 0 Å². The predicted octanol–water partition coefficient (Wildman–Crippen LogP) is 3.55. The molecule has 0 saturated carbocycles.